The number of nitrogens with one attached hydrogen (secondary N) is 2. The lowest BCUT2D eigenvalue weighted by atomic mass is 10.0. The molecule has 14 heteroatoms. The highest BCUT2D eigenvalue weighted by molar-refractivity contribution is 7.45. The number of anilines is 1. The number of hydrogen-bond acceptors (Lipinski definition) is 10. The van der Waals surface area contributed by atoms with Crippen LogP contribution in [0.15, 0.2) is 41.5 Å². The first-order valence-electron chi connectivity index (χ1n) is 13.5. The molecule has 0 radical (unpaired) electrons. The molecule has 4 aliphatic heterocycles. The van der Waals surface area contributed by atoms with Gasteiger partial charge in [-0.1, -0.05) is 44.2 Å². The van der Waals surface area contributed by atoms with Crippen LogP contribution in [0, 0.1) is 5.92 Å². The van der Waals surface area contributed by atoms with Crippen molar-refractivity contribution in [3.63, 3.8) is 0 Å². The van der Waals surface area contributed by atoms with Gasteiger partial charge in [0.25, 0.3) is 14.1 Å². The second-order valence-electron chi connectivity index (χ2n) is 11.0. The molecule has 7 atom stereocenters. The van der Waals surface area contributed by atoms with Gasteiger partial charge in [0.2, 0.25) is 11.9 Å². The molecule has 2 aromatic heterocycles. The molecular weight excluding hydrogens is 539 g/mol. The first-order chi connectivity index (χ1) is 19.4. The van der Waals surface area contributed by atoms with Gasteiger partial charge in [-0.25, -0.2) is 9.65 Å². The number of H-pyrrole nitrogens is 1. The Morgan fingerprint density at radius 3 is 2.95 bits per heavy atom. The average Bonchev–Trinajstić information content (AvgIpc) is 3.76. The number of aromatic amines is 1. The molecule has 6 heterocycles. The van der Waals surface area contributed by atoms with Crippen molar-refractivity contribution in [1.82, 2.24) is 24.2 Å². The van der Waals surface area contributed by atoms with Gasteiger partial charge in [0.1, 0.15) is 23.9 Å². The van der Waals surface area contributed by atoms with Gasteiger partial charge in [0, 0.05) is 18.5 Å². The molecule has 13 nitrogen and oxygen atoms in total. The quantitative estimate of drug-likeness (QED) is 0.361. The molecule has 0 aliphatic carbocycles. The minimum absolute atomic E-state index is 0.0153. The molecule has 3 N–H and O–H groups in total. The van der Waals surface area contributed by atoms with E-state index in [2.05, 4.69) is 37.1 Å². The van der Waals surface area contributed by atoms with Crippen molar-refractivity contribution in [3.05, 3.63) is 52.6 Å². The monoisotopic (exact) mass is 570 g/mol. The van der Waals surface area contributed by atoms with E-state index < -0.39 is 38.1 Å². The molecule has 4 aliphatic rings. The van der Waals surface area contributed by atoms with Crippen molar-refractivity contribution >= 4 is 31.5 Å². The lowest BCUT2D eigenvalue weighted by Crippen LogP contribution is -2.45. The molecule has 212 valence electrons. The fraction of sp³-hybridized carbons (Fsp3) is 0.538. The van der Waals surface area contributed by atoms with Gasteiger partial charge in [0.05, 0.1) is 19.5 Å². The third kappa shape index (κ3) is 4.11. The molecule has 40 heavy (non-hydrogen) atoms. The summed E-state index contributed by atoms with van der Waals surface area (Å²) in [5.41, 5.74) is -0.174. The van der Waals surface area contributed by atoms with Crippen LogP contribution in [0.1, 0.15) is 44.6 Å². The molecule has 3 aromatic rings. The number of hydrogen-bond donors (Lipinski definition) is 3. The topological polar surface area (TPSA) is 153 Å². The molecule has 4 unspecified atom stereocenters. The van der Waals surface area contributed by atoms with Crippen LogP contribution in [0.4, 0.5) is 5.95 Å². The zero-order chi connectivity index (χ0) is 27.6. The summed E-state index contributed by atoms with van der Waals surface area (Å²) in [6.45, 7) is 4.19. The Balaban J connectivity index is 1.18. The molecule has 1 amide bonds. The molecule has 0 saturated carbocycles. The maximum atomic E-state index is 12.7. The number of carbonyl (C=O) groups excluding carboxylic acids is 1. The van der Waals surface area contributed by atoms with Gasteiger partial charge in [-0.3, -0.25) is 24.5 Å². The zero-order valence-corrected chi connectivity index (χ0v) is 23.0. The molecule has 4 fully saturated rings. The van der Waals surface area contributed by atoms with Gasteiger partial charge in [-0.05, 0) is 18.4 Å². The van der Waals surface area contributed by atoms with Gasteiger partial charge in [0.15, 0.2) is 17.4 Å². The van der Waals surface area contributed by atoms with E-state index in [-0.39, 0.29) is 54.3 Å². The fourth-order valence-corrected chi connectivity index (χ4v) is 7.99. The first kappa shape index (κ1) is 26.1. The van der Waals surface area contributed by atoms with Crippen molar-refractivity contribution < 1.29 is 28.4 Å². The number of nitrogens with zero attached hydrogens (tertiary/aromatic N) is 4. The van der Waals surface area contributed by atoms with Crippen LogP contribution < -0.4 is 10.9 Å². The van der Waals surface area contributed by atoms with Crippen molar-refractivity contribution in [2.45, 2.75) is 62.9 Å². The van der Waals surface area contributed by atoms with Gasteiger partial charge in [-0.15, -0.1) is 0 Å². The number of carbonyl (C=O) groups is 1. The average molecular weight is 571 g/mol. The van der Waals surface area contributed by atoms with Crippen LogP contribution in [-0.4, -0.2) is 78.8 Å². The lowest BCUT2D eigenvalue weighted by molar-refractivity contribution is -0.184. The summed E-state index contributed by atoms with van der Waals surface area (Å²) in [6, 6.07) is 10.4. The summed E-state index contributed by atoms with van der Waals surface area (Å²) in [5.74, 6) is -0.567. The van der Waals surface area contributed by atoms with E-state index in [4.69, 9.17) is 18.5 Å². The SMILES string of the molecule is CC(C)C(=O)Nc1nc2c(ncn2[C@@H]2O[C@@]3(CO)CO[C@H]2C3OP2OC(c3ccccc3)C3CCCN32)c(=O)[nH]1. The fourth-order valence-electron chi connectivity index (χ4n) is 5.95. The van der Waals surface area contributed by atoms with Crippen molar-refractivity contribution in [2.75, 3.05) is 25.1 Å². The summed E-state index contributed by atoms with van der Waals surface area (Å²) in [4.78, 5) is 36.2. The summed E-state index contributed by atoms with van der Waals surface area (Å²) in [7, 11) is -1.43. The summed E-state index contributed by atoms with van der Waals surface area (Å²) < 4.78 is 29.6. The largest absolute Gasteiger partial charge is 0.393 e. The number of benzene rings is 1. The van der Waals surface area contributed by atoms with Crippen LogP contribution in [0.5, 0.6) is 0 Å². The Bertz CT molecular complexity index is 1480. The van der Waals surface area contributed by atoms with Crippen molar-refractivity contribution in [3.8, 4) is 0 Å². The van der Waals surface area contributed by atoms with Crippen LogP contribution in [-0.2, 0) is 23.3 Å². The second-order valence-corrected chi connectivity index (χ2v) is 12.4. The standard InChI is InChI=1S/C26H31N6O7P/c1-14(2)22(34)29-25-28-21-17(23(35)30-25)27-13-31(21)24-19-20(26(11-33,37-24)12-36-19)39-40-32-10-6-9-16(32)18(38-40)15-7-4-3-5-8-15/h3-5,7-8,13-14,16,18-20,24,33H,6,9-12H2,1-2H3,(H2,28,29,30,34,35)/t16?,18?,19-,20?,24+,26-,40?/m0/s1. The lowest BCUT2D eigenvalue weighted by Gasteiger charge is -2.30. The Labute approximate surface area is 230 Å². The van der Waals surface area contributed by atoms with Gasteiger partial charge >= 0.3 is 0 Å². The minimum Gasteiger partial charge on any atom is -0.393 e. The van der Waals surface area contributed by atoms with E-state index in [1.165, 1.54) is 6.33 Å². The summed E-state index contributed by atoms with van der Waals surface area (Å²) >= 11 is 0. The highest BCUT2D eigenvalue weighted by Crippen LogP contribution is 2.63. The Morgan fingerprint density at radius 2 is 2.17 bits per heavy atom. The third-order valence-corrected chi connectivity index (χ3v) is 9.81. The molecule has 4 saturated heterocycles. The number of aliphatic hydroxyl groups excluding tert-OH is 1. The van der Waals surface area contributed by atoms with E-state index in [0.29, 0.717) is 0 Å². The minimum atomic E-state index is -1.43. The molecule has 0 spiro atoms. The van der Waals surface area contributed by atoms with Gasteiger partial charge in [-0.2, -0.15) is 4.98 Å². The van der Waals surface area contributed by atoms with Crippen LogP contribution in [0.25, 0.3) is 11.2 Å². The Morgan fingerprint density at radius 1 is 1.35 bits per heavy atom. The number of fused-ring (bicyclic) bond motifs is 4. The Hall–Kier alpha value is -2.77. The number of rotatable bonds is 7. The van der Waals surface area contributed by atoms with Crippen molar-refractivity contribution in [2.24, 2.45) is 5.92 Å². The highest BCUT2D eigenvalue weighted by Gasteiger charge is 2.65. The number of amides is 1. The van der Waals surface area contributed by atoms with E-state index >= 15 is 0 Å². The predicted molar refractivity (Wildman–Crippen MR) is 143 cm³/mol. The van der Waals surface area contributed by atoms with Gasteiger partial charge < -0.3 is 23.6 Å². The Kier molecular flexibility index (Phi) is 6.50. The van der Waals surface area contributed by atoms with E-state index in [9.17, 15) is 14.7 Å². The normalized spacial score (nSPS) is 33.3. The summed E-state index contributed by atoms with van der Waals surface area (Å²) in [6.07, 6.45) is 1.45. The van der Waals surface area contributed by atoms with E-state index in [0.717, 1.165) is 24.9 Å². The molecule has 2 bridgehead atoms. The van der Waals surface area contributed by atoms with Crippen molar-refractivity contribution in [1.29, 1.82) is 0 Å². The van der Waals surface area contributed by atoms with Crippen LogP contribution in [0.2, 0.25) is 0 Å². The number of ether oxygens (including phenoxy) is 2. The predicted octanol–water partition coefficient (Wildman–Crippen LogP) is 2.22. The number of aromatic nitrogens is 4. The maximum Gasteiger partial charge on any atom is 0.280 e. The smallest absolute Gasteiger partial charge is 0.280 e. The summed E-state index contributed by atoms with van der Waals surface area (Å²) in [5, 5.41) is 13.1. The second kappa shape index (κ2) is 9.95. The molecule has 7 rings (SSSR count). The number of aliphatic hydroxyl groups is 1. The van der Waals surface area contributed by atoms with E-state index in [1.54, 1.807) is 18.4 Å². The first-order valence-corrected chi connectivity index (χ1v) is 14.6. The van der Waals surface area contributed by atoms with Crippen LogP contribution in [0.3, 0.4) is 0 Å². The maximum absolute atomic E-state index is 12.7. The third-order valence-electron chi connectivity index (χ3n) is 8.08. The highest BCUT2D eigenvalue weighted by atomic mass is 31.2. The zero-order valence-electron chi connectivity index (χ0n) is 22.1. The van der Waals surface area contributed by atoms with E-state index in [1.807, 2.05) is 18.2 Å². The van der Waals surface area contributed by atoms with Crippen LogP contribution >= 0.6 is 8.53 Å². The number of imidazole rings is 1. The molecule has 1 aromatic carbocycles. The molecular formula is C26H31N6O7P.